The second-order valence-electron chi connectivity index (χ2n) is 3.93. The molecule has 2 rings (SSSR count). The van der Waals surface area contributed by atoms with E-state index in [9.17, 15) is 9.90 Å². The number of aromatic hydroxyl groups is 1. The highest BCUT2D eigenvalue weighted by molar-refractivity contribution is 9.11. The number of amides is 1. The summed E-state index contributed by atoms with van der Waals surface area (Å²) in [6.07, 6.45) is 0. The van der Waals surface area contributed by atoms with Gasteiger partial charge in [-0.2, -0.15) is 5.26 Å². The highest BCUT2D eigenvalue weighted by Gasteiger charge is 2.10. The molecule has 0 aromatic heterocycles. The van der Waals surface area contributed by atoms with Crippen molar-refractivity contribution in [3.05, 3.63) is 56.5 Å². The molecule has 2 N–H and O–H groups in total. The number of carbonyl (C=O) groups excluding carboxylic acids is 1. The molecule has 0 aliphatic carbocycles. The fourth-order valence-corrected chi connectivity index (χ4v) is 2.26. The van der Waals surface area contributed by atoms with Gasteiger partial charge in [-0.15, -0.1) is 0 Å². The van der Waals surface area contributed by atoms with Crippen molar-refractivity contribution in [2.24, 2.45) is 0 Å². The first-order chi connectivity index (χ1) is 9.51. The van der Waals surface area contributed by atoms with Crippen LogP contribution in [0.5, 0.6) is 5.75 Å². The molecule has 0 heterocycles. The van der Waals surface area contributed by atoms with Crippen LogP contribution in [-0.2, 0) is 0 Å². The Kier molecular flexibility index (Phi) is 4.42. The molecule has 6 heteroatoms. The van der Waals surface area contributed by atoms with Crippen LogP contribution in [0, 0.1) is 11.3 Å². The van der Waals surface area contributed by atoms with E-state index in [2.05, 4.69) is 37.2 Å². The molecular formula is C14H8Br2N2O2. The van der Waals surface area contributed by atoms with Crippen molar-refractivity contribution in [2.45, 2.75) is 0 Å². The Balaban J connectivity index is 2.23. The zero-order valence-corrected chi connectivity index (χ0v) is 13.2. The van der Waals surface area contributed by atoms with Crippen LogP contribution in [0.15, 0.2) is 45.3 Å². The molecule has 2 aromatic rings. The Hall–Kier alpha value is -1.84. The van der Waals surface area contributed by atoms with Crippen molar-refractivity contribution < 1.29 is 9.90 Å². The minimum absolute atomic E-state index is 0.00320. The van der Waals surface area contributed by atoms with Crippen LogP contribution >= 0.6 is 31.9 Å². The van der Waals surface area contributed by atoms with Crippen molar-refractivity contribution in [3.8, 4) is 11.8 Å². The van der Waals surface area contributed by atoms with Crippen molar-refractivity contribution >= 4 is 43.5 Å². The van der Waals surface area contributed by atoms with E-state index in [1.165, 1.54) is 6.07 Å². The second-order valence-corrected chi connectivity index (χ2v) is 5.64. The Bertz CT molecular complexity index is 724. The van der Waals surface area contributed by atoms with E-state index in [4.69, 9.17) is 5.26 Å². The summed E-state index contributed by atoms with van der Waals surface area (Å²) in [4.78, 5) is 12.1. The average Bonchev–Trinajstić information content (AvgIpc) is 2.43. The number of phenolic OH excluding ortho intramolecular Hbond substituents is 1. The predicted molar refractivity (Wildman–Crippen MR) is 82.6 cm³/mol. The van der Waals surface area contributed by atoms with E-state index in [1.54, 1.807) is 30.3 Å². The molecule has 0 aliphatic heterocycles. The molecule has 20 heavy (non-hydrogen) atoms. The zero-order chi connectivity index (χ0) is 14.7. The van der Waals surface area contributed by atoms with Gasteiger partial charge in [0.05, 0.1) is 21.8 Å². The number of hydrogen-bond donors (Lipinski definition) is 2. The van der Waals surface area contributed by atoms with E-state index in [-0.39, 0.29) is 11.7 Å². The molecule has 2 aromatic carbocycles. The number of nitriles is 1. The first kappa shape index (κ1) is 14.6. The molecule has 0 saturated carbocycles. The number of rotatable bonds is 2. The Morgan fingerprint density at radius 3 is 2.50 bits per heavy atom. The topological polar surface area (TPSA) is 73.1 Å². The molecule has 0 aliphatic rings. The summed E-state index contributed by atoms with van der Waals surface area (Å²) in [5.74, 6) is -0.352. The molecule has 0 atom stereocenters. The molecule has 100 valence electrons. The van der Waals surface area contributed by atoms with Gasteiger partial charge in [0.25, 0.3) is 5.91 Å². The molecule has 0 saturated heterocycles. The third kappa shape index (κ3) is 3.18. The van der Waals surface area contributed by atoms with Crippen LogP contribution in [0.4, 0.5) is 5.69 Å². The van der Waals surface area contributed by atoms with Crippen LogP contribution < -0.4 is 5.32 Å². The maximum Gasteiger partial charge on any atom is 0.255 e. The van der Waals surface area contributed by atoms with Gasteiger partial charge in [-0.1, -0.05) is 0 Å². The lowest BCUT2D eigenvalue weighted by molar-refractivity contribution is 0.102. The third-order valence-corrected chi connectivity index (χ3v) is 3.88. The summed E-state index contributed by atoms with van der Waals surface area (Å²) in [5, 5.41) is 21.0. The van der Waals surface area contributed by atoms with E-state index in [1.807, 2.05) is 6.07 Å². The molecule has 0 spiro atoms. The van der Waals surface area contributed by atoms with Gasteiger partial charge < -0.3 is 10.4 Å². The van der Waals surface area contributed by atoms with Crippen molar-refractivity contribution in [1.82, 2.24) is 0 Å². The van der Waals surface area contributed by atoms with Gasteiger partial charge in [0.15, 0.2) is 0 Å². The molecule has 0 radical (unpaired) electrons. The zero-order valence-electron chi connectivity index (χ0n) is 10.0. The molecule has 1 amide bonds. The van der Waals surface area contributed by atoms with Gasteiger partial charge >= 0.3 is 0 Å². The van der Waals surface area contributed by atoms with Gasteiger partial charge in [0.2, 0.25) is 0 Å². The number of carbonyl (C=O) groups is 1. The minimum atomic E-state index is -0.349. The largest absolute Gasteiger partial charge is 0.507 e. The van der Waals surface area contributed by atoms with E-state index in [0.717, 1.165) is 0 Å². The minimum Gasteiger partial charge on any atom is -0.507 e. The highest BCUT2D eigenvalue weighted by Crippen LogP contribution is 2.26. The van der Waals surface area contributed by atoms with Crippen molar-refractivity contribution in [3.63, 3.8) is 0 Å². The van der Waals surface area contributed by atoms with Crippen molar-refractivity contribution in [2.75, 3.05) is 5.32 Å². The summed E-state index contributed by atoms with van der Waals surface area (Å²) in [6.45, 7) is 0. The van der Waals surface area contributed by atoms with Crippen LogP contribution in [0.3, 0.4) is 0 Å². The molecule has 0 bridgehead atoms. The van der Waals surface area contributed by atoms with Crippen LogP contribution in [0.2, 0.25) is 0 Å². The Labute approximate surface area is 132 Å². The maximum absolute atomic E-state index is 12.1. The number of benzene rings is 2. The number of nitrogens with zero attached hydrogens (tertiary/aromatic N) is 1. The van der Waals surface area contributed by atoms with Gasteiger partial charge in [-0.05, 0) is 68.3 Å². The highest BCUT2D eigenvalue weighted by atomic mass is 79.9. The lowest BCUT2D eigenvalue weighted by Crippen LogP contribution is -2.12. The van der Waals surface area contributed by atoms with Crippen LogP contribution in [-0.4, -0.2) is 11.0 Å². The van der Waals surface area contributed by atoms with Crippen LogP contribution in [0.25, 0.3) is 0 Å². The number of halogens is 2. The number of hydrogen-bond acceptors (Lipinski definition) is 3. The quantitative estimate of drug-likeness (QED) is 0.805. The third-order valence-electron chi connectivity index (χ3n) is 2.55. The smallest absolute Gasteiger partial charge is 0.255 e. The lowest BCUT2D eigenvalue weighted by Gasteiger charge is -2.08. The molecule has 0 unspecified atom stereocenters. The number of phenols is 1. The van der Waals surface area contributed by atoms with E-state index in [0.29, 0.717) is 25.8 Å². The van der Waals surface area contributed by atoms with Gasteiger partial charge in [-0.3, -0.25) is 4.79 Å². The standard InChI is InChI=1S/C14H8Br2N2O2/c15-10-3-2-9(6-13(10)19)14(20)18-12-4-1-8(7-17)5-11(12)16/h1-6,19H,(H,18,20). The van der Waals surface area contributed by atoms with Gasteiger partial charge in [-0.25, -0.2) is 0 Å². The summed E-state index contributed by atoms with van der Waals surface area (Å²) in [6, 6.07) is 11.4. The number of nitrogens with one attached hydrogen (secondary N) is 1. The monoisotopic (exact) mass is 394 g/mol. The maximum atomic E-state index is 12.1. The predicted octanol–water partition coefficient (Wildman–Crippen LogP) is 4.04. The second kappa shape index (κ2) is 6.07. The average molecular weight is 396 g/mol. The number of anilines is 1. The molecule has 4 nitrogen and oxygen atoms in total. The van der Waals surface area contributed by atoms with Gasteiger partial charge in [0, 0.05) is 10.0 Å². The molecular weight excluding hydrogens is 388 g/mol. The fourth-order valence-electron chi connectivity index (χ4n) is 1.53. The lowest BCUT2D eigenvalue weighted by atomic mass is 10.2. The van der Waals surface area contributed by atoms with E-state index < -0.39 is 0 Å². The fraction of sp³-hybridized carbons (Fsp3) is 0. The summed E-state index contributed by atoms with van der Waals surface area (Å²) >= 11 is 6.45. The Morgan fingerprint density at radius 1 is 1.15 bits per heavy atom. The summed E-state index contributed by atoms with van der Waals surface area (Å²) in [7, 11) is 0. The summed E-state index contributed by atoms with van der Waals surface area (Å²) < 4.78 is 1.14. The van der Waals surface area contributed by atoms with Crippen LogP contribution in [0.1, 0.15) is 15.9 Å². The first-order valence-corrected chi connectivity index (χ1v) is 7.09. The first-order valence-electron chi connectivity index (χ1n) is 5.51. The van der Waals surface area contributed by atoms with Gasteiger partial charge in [0.1, 0.15) is 5.75 Å². The normalized spacial score (nSPS) is 9.85. The molecule has 0 fully saturated rings. The summed E-state index contributed by atoms with van der Waals surface area (Å²) in [5.41, 5.74) is 1.38. The van der Waals surface area contributed by atoms with E-state index >= 15 is 0 Å². The SMILES string of the molecule is N#Cc1ccc(NC(=O)c2ccc(Br)c(O)c2)c(Br)c1. The Morgan fingerprint density at radius 2 is 1.90 bits per heavy atom. The van der Waals surface area contributed by atoms with Crippen molar-refractivity contribution in [1.29, 1.82) is 5.26 Å².